The van der Waals surface area contributed by atoms with Crippen molar-refractivity contribution >= 4 is 38.8 Å². The summed E-state index contributed by atoms with van der Waals surface area (Å²) < 4.78 is 107. The van der Waals surface area contributed by atoms with Gasteiger partial charge in [-0.3, -0.25) is 0 Å². The van der Waals surface area contributed by atoms with Crippen LogP contribution in [0.3, 0.4) is 0 Å². The van der Waals surface area contributed by atoms with Crippen molar-refractivity contribution < 1.29 is 61.0 Å². The molecule has 0 radical (unpaired) electrons. The van der Waals surface area contributed by atoms with Crippen molar-refractivity contribution in [3.8, 4) is 69.0 Å². The van der Waals surface area contributed by atoms with Crippen molar-refractivity contribution in [3.05, 3.63) is 48.5 Å². The molecule has 4 aromatic rings. The lowest BCUT2D eigenvalue weighted by Crippen LogP contribution is -2.58. The fourth-order valence-corrected chi connectivity index (χ4v) is 25.5. The molecule has 4 rings (SSSR count). The van der Waals surface area contributed by atoms with E-state index in [1.165, 1.54) is 0 Å². The van der Waals surface area contributed by atoms with Crippen molar-refractivity contribution in [3.63, 3.8) is 0 Å². The summed E-state index contributed by atoms with van der Waals surface area (Å²) in [6.45, 7) is 81.9. The van der Waals surface area contributed by atoms with Crippen LogP contribution in [0.4, 0.5) is 0 Å². The second kappa shape index (κ2) is 58.5. The molecule has 780 valence electrons. The summed E-state index contributed by atoms with van der Waals surface area (Å²) in [6.07, 6.45) is 47.2. The smallest absolute Gasteiger partial charge is 0.236 e. The Morgan fingerprint density at radius 3 is 0.378 bits per heavy atom. The maximum Gasteiger partial charge on any atom is 0.236 e. The molecule has 135 heavy (non-hydrogen) atoms. The number of benzene rings is 4. The van der Waals surface area contributed by atoms with Gasteiger partial charge in [0.15, 0.2) is 46.0 Å². The van der Waals surface area contributed by atoms with Crippen molar-refractivity contribution in [2.75, 3.05) is 0 Å². The van der Waals surface area contributed by atoms with Crippen LogP contribution in [0.5, 0.6) is 69.0 Å². The number of rotatable bonds is 78. The molecule has 0 aliphatic rings. The third kappa shape index (κ3) is 44.9. The SMILES string of the molecule is CCCCCC(C)(C)Oc1ccc([SiH](O[SiH](c2ccc(OC(C)(C)CCCCC)c(OC(C)(C)CCCCC)c2OC(C)(C)CCCCC)c2ccc(OC(C)(C)CCCCC)c(OC(C)(C)CCCCC)c2OC(C)(C)CCCCC)c2ccc(OC(C)(C)CCCCC)c(OC(C)(C)CCCCC)c2OC(C)(C)CCCCC)c(OC(C)(C)CCCCC)c1OC(C)(C)CCCCC. The first-order chi connectivity index (χ1) is 63.3. The average Bonchev–Trinajstić information content (AvgIpc) is 0.738. The second-order valence-electron chi connectivity index (χ2n) is 48.0. The van der Waals surface area contributed by atoms with E-state index in [1.54, 1.807) is 0 Å². The van der Waals surface area contributed by atoms with Crippen LogP contribution in [0.2, 0.25) is 0 Å². The molecule has 0 aromatic heterocycles. The molecule has 0 aliphatic heterocycles. The predicted octanol–water partition coefficient (Wildman–Crippen LogP) is 34.9. The molecule has 0 heterocycles. The lowest BCUT2D eigenvalue weighted by molar-refractivity contribution is 0.0493. The van der Waals surface area contributed by atoms with Gasteiger partial charge in [-0.25, -0.2) is 0 Å². The van der Waals surface area contributed by atoms with E-state index in [0.29, 0.717) is 69.0 Å². The molecular formula is C120H214O13Si2. The van der Waals surface area contributed by atoms with Crippen molar-refractivity contribution in [2.45, 2.75) is 625 Å². The van der Waals surface area contributed by atoms with E-state index in [1.807, 2.05) is 0 Å². The predicted molar refractivity (Wildman–Crippen MR) is 586 cm³/mol. The zero-order chi connectivity index (χ0) is 101. The highest BCUT2D eigenvalue weighted by Gasteiger charge is 2.46. The van der Waals surface area contributed by atoms with Gasteiger partial charge in [0.05, 0.1) is 0 Å². The Morgan fingerprint density at radius 1 is 0.148 bits per heavy atom. The second-order valence-corrected chi connectivity index (χ2v) is 53.1. The molecule has 0 fully saturated rings. The first kappa shape index (κ1) is 122. The zero-order valence-corrected chi connectivity index (χ0v) is 97.3. The minimum atomic E-state index is -3.80. The molecule has 4 aromatic carbocycles. The molecule has 13 nitrogen and oxygen atoms in total. The molecule has 0 saturated carbocycles. The number of hydrogen-bond donors (Lipinski definition) is 0. The van der Waals surface area contributed by atoms with Gasteiger partial charge in [-0.1, -0.05) is 261 Å². The first-order valence-corrected chi connectivity index (χ1v) is 59.1. The summed E-state index contributed by atoms with van der Waals surface area (Å²) in [5.41, 5.74) is -8.35. The third-order valence-electron chi connectivity index (χ3n) is 27.0. The number of unbranched alkanes of at least 4 members (excludes halogenated alkanes) is 24. The maximum atomic E-state index is 9.67. The van der Waals surface area contributed by atoms with Crippen LogP contribution in [-0.4, -0.2) is 85.3 Å². The number of ether oxygens (including phenoxy) is 12. The van der Waals surface area contributed by atoms with E-state index in [9.17, 15) is 4.12 Å². The summed E-state index contributed by atoms with van der Waals surface area (Å²) in [7, 11) is -7.60. The van der Waals surface area contributed by atoms with E-state index in [4.69, 9.17) is 56.8 Å². The Morgan fingerprint density at radius 2 is 0.259 bits per heavy atom. The van der Waals surface area contributed by atoms with Crippen LogP contribution in [-0.2, 0) is 4.12 Å². The minimum absolute atomic E-state index is 0.578. The molecule has 0 aliphatic carbocycles. The monoisotopic (exact) mass is 1920 g/mol. The molecule has 0 N–H and O–H groups in total. The minimum Gasteiger partial charge on any atom is -0.484 e. The highest BCUT2D eigenvalue weighted by Crippen LogP contribution is 2.51. The van der Waals surface area contributed by atoms with Crippen LogP contribution < -0.4 is 77.6 Å². The molecule has 0 saturated heterocycles. The Kier molecular flexibility index (Phi) is 52.9. The Labute approximate surface area is 836 Å². The fourth-order valence-electron chi connectivity index (χ4n) is 18.6. The summed E-state index contributed by atoms with van der Waals surface area (Å²) >= 11 is 0. The molecule has 0 bridgehead atoms. The summed E-state index contributed by atoms with van der Waals surface area (Å²) in [5.74, 6) is 7.31. The van der Waals surface area contributed by atoms with E-state index in [0.717, 1.165) is 329 Å². The molecule has 15 heteroatoms. The highest BCUT2D eigenvalue weighted by molar-refractivity contribution is 6.93. The van der Waals surface area contributed by atoms with Gasteiger partial charge in [0, 0.05) is 20.7 Å². The quantitative estimate of drug-likeness (QED) is 0.0308. The average molecular weight is 1920 g/mol. The Hall–Kier alpha value is -5.13. The van der Waals surface area contributed by atoms with Crippen LogP contribution in [0.15, 0.2) is 48.5 Å². The van der Waals surface area contributed by atoms with E-state index in [2.05, 4.69) is 298 Å². The normalized spacial score (nSPS) is 13.1. The zero-order valence-electron chi connectivity index (χ0n) is 95.0. The number of hydrogen-bond acceptors (Lipinski definition) is 13. The third-order valence-corrected chi connectivity index (χ3v) is 33.2. The molecule has 0 unspecified atom stereocenters. The van der Waals surface area contributed by atoms with Gasteiger partial charge in [-0.2, -0.15) is 0 Å². The lowest BCUT2D eigenvalue weighted by Gasteiger charge is -2.39. The Balaban J connectivity index is 3.00. The maximum absolute atomic E-state index is 9.67. The first-order valence-electron chi connectivity index (χ1n) is 55.9. The topological polar surface area (TPSA) is 120 Å². The van der Waals surface area contributed by atoms with Gasteiger partial charge < -0.3 is 61.0 Å². The van der Waals surface area contributed by atoms with Gasteiger partial charge in [0.1, 0.15) is 67.2 Å². The van der Waals surface area contributed by atoms with Crippen LogP contribution in [0.1, 0.15) is 557 Å². The highest BCUT2D eigenvalue weighted by atomic mass is 28.4. The van der Waals surface area contributed by atoms with Gasteiger partial charge >= 0.3 is 0 Å². The van der Waals surface area contributed by atoms with Crippen molar-refractivity contribution in [1.82, 2.24) is 0 Å². The molecule has 0 atom stereocenters. The van der Waals surface area contributed by atoms with E-state index < -0.39 is 85.3 Å². The van der Waals surface area contributed by atoms with E-state index in [-0.39, 0.29) is 0 Å². The summed E-state index contributed by atoms with van der Waals surface area (Å²) in [6, 6.07) is 18.1. The largest absolute Gasteiger partial charge is 0.484 e. The van der Waals surface area contributed by atoms with Crippen LogP contribution >= 0.6 is 0 Å². The van der Waals surface area contributed by atoms with Crippen molar-refractivity contribution in [1.29, 1.82) is 0 Å². The molecule has 0 amide bonds. The van der Waals surface area contributed by atoms with Gasteiger partial charge in [0.2, 0.25) is 41.1 Å². The van der Waals surface area contributed by atoms with Crippen LogP contribution in [0.25, 0.3) is 0 Å². The van der Waals surface area contributed by atoms with Gasteiger partial charge in [-0.15, -0.1) is 0 Å². The Bertz CT molecular complexity index is 3440. The van der Waals surface area contributed by atoms with Crippen LogP contribution in [0, 0.1) is 0 Å². The standard InChI is InChI=1S/C120H214O13Si2/c1-37-49-61-81-109(13,14)121-93-73-77-97(105(129-117(29,30)89-69-57-45-9)101(93)125-113(21,22)85-65-53-41-5)134(98-78-74-94(122-110(15,16)82-62-50-38-2)102(126-114(23,24)86-66-54-42-6)106(98)130-118(31,32)90-70-58-46-10)133-135(99-79-75-95(123-111(17,18)83-63-51-39-3)103(127-115(25,26)87-67-55-43-7)107(99)131-119(33,34)91-71-59-47-11)100-80-76-96(124-112(19,20)84-64-52-40-4)104(128-116(27,28)88-68-56-44-8)108(100)132-120(35,36)92-72-60-48-12/h73-80,134-135H,37-72,81-92H2,1-36H3. The molecule has 0 spiro atoms. The summed E-state index contributed by atoms with van der Waals surface area (Å²) in [4.78, 5) is 0. The van der Waals surface area contributed by atoms with Crippen molar-refractivity contribution in [2.24, 2.45) is 0 Å². The van der Waals surface area contributed by atoms with Gasteiger partial charge in [0.25, 0.3) is 0 Å². The van der Waals surface area contributed by atoms with Gasteiger partial charge in [-0.05, 0) is 345 Å². The molecular weight excluding hydrogens is 1710 g/mol. The van der Waals surface area contributed by atoms with E-state index >= 15 is 0 Å². The summed E-state index contributed by atoms with van der Waals surface area (Å²) in [5, 5.41) is 3.49. The lowest BCUT2D eigenvalue weighted by atomic mass is 9.99. The fraction of sp³-hybridized carbons (Fsp3) is 0.800.